The van der Waals surface area contributed by atoms with Crippen molar-refractivity contribution in [2.24, 2.45) is 0 Å². The van der Waals surface area contributed by atoms with Crippen LogP contribution in [0.1, 0.15) is 25.7 Å². The van der Waals surface area contributed by atoms with E-state index >= 15 is 0 Å². The molecule has 1 aliphatic rings. The third-order valence-electron chi connectivity index (χ3n) is 1.43. The SMILES string of the molecule is [Cl-].[Cl-].[Rh+2]/[C]1=C/C=C\CCCC1. The zero-order valence-corrected chi connectivity index (χ0v) is 9.30. The van der Waals surface area contributed by atoms with Crippen LogP contribution >= 0.6 is 0 Å². The van der Waals surface area contributed by atoms with E-state index in [0.717, 1.165) is 0 Å². The first kappa shape index (κ1) is 14.2. The molecule has 0 unspecified atom stereocenters. The van der Waals surface area contributed by atoms with Gasteiger partial charge in [-0.3, -0.25) is 0 Å². The quantitative estimate of drug-likeness (QED) is 0.405. The second-order valence-corrected chi connectivity index (χ2v) is 3.31. The topological polar surface area (TPSA) is 0 Å². The molecule has 0 saturated carbocycles. The summed E-state index contributed by atoms with van der Waals surface area (Å²) in [5.74, 6) is 0. The van der Waals surface area contributed by atoms with Crippen LogP contribution in [0.2, 0.25) is 0 Å². The molecule has 3 heteroatoms. The summed E-state index contributed by atoms with van der Waals surface area (Å²) in [6.45, 7) is 0. The van der Waals surface area contributed by atoms with E-state index < -0.39 is 0 Å². The summed E-state index contributed by atoms with van der Waals surface area (Å²) in [6, 6.07) is 0. The van der Waals surface area contributed by atoms with E-state index in [9.17, 15) is 0 Å². The zero-order chi connectivity index (χ0) is 6.53. The first-order valence-corrected chi connectivity index (χ1v) is 4.20. The van der Waals surface area contributed by atoms with Crippen molar-refractivity contribution >= 4 is 0 Å². The van der Waals surface area contributed by atoms with Gasteiger partial charge in [0.25, 0.3) is 0 Å². The summed E-state index contributed by atoms with van der Waals surface area (Å²) < 4.78 is 1.41. The summed E-state index contributed by atoms with van der Waals surface area (Å²) in [5.41, 5.74) is 0. The first-order chi connectivity index (χ1) is 4.39. The Hall–Kier alpha value is 0.683. The normalized spacial score (nSPS) is 24.3. The number of hydrogen-bond donors (Lipinski definition) is 0. The monoisotopic (exact) mass is 280 g/mol. The summed E-state index contributed by atoms with van der Waals surface area (Å²) in [7, 11) is 0. The molecule has 0 aromatic rings. The van der Waals surface area contributed by atoms with Crippen molar-refractivity contribution in [1.29, 1.82) is 0 Å². The van der Waals surface area contributed by atoms with Gasteiger partial charge in [-0.05, 0) is 0 Å². The van der Waals surface area contributed by atoms with Gasteiger partial charge in [0.1, 0.15) is 0 Å². The average Bonchev–Trinajstić information content (AvgIpc) is 1.79. The molecule has 1 rings (SSSR count). The van der Waals surface area contributed by atoms with Gasteiger partial charge < -0.3 is 24.8 Å². The van der Waals surface area contributed by atoms with Crippen LogP contribution in [0.3, 0.4) is 0 Å². The number of rotatable bonds is 0. The van der Waals surface area contributed by atoms with E-state index in [1.165, 1.54) is 29.9 Å². The van der Waals surface area contributed by atoms with Crippen molar-refractivity contribution in [1.82, 2.24) is 0 Å². The Morgan fingerprint density at radius 1 is 1.18 bits per heavy atom. The first-order valence-electron chi connectivity index (χ1n) is 3.38. The van der Waals surface area contributed by atoms with Crippen molar-refractivity contribution in [2.45, 2.75) is 25.7 Å². The van der Waals surface area contributed by atoms with E-state index in [2.05, 4.69) is 36.5 Å². The molecule has 0 radical (unpaired) electrons. The molecular formula is C8H11Cl2Rh. The van der Waals surface area contributed by atoms with Crippen molar-refractivity contribution in [3.63, 3.8) is 0 Å². The minimum atomic E-state index is 0. The molecule has 0 N–H and O–H groups in total. The van der Waals surface area contributed by atoms with Gasteiger partial charge in [0.2, 0.25) is 0 Å². The molecule has 0 heterocycles. The predicted octanol–water partition coefficient (Wildman–Crippen LogP) is -3.44. The summed E-state index contributed by atoms with van der Waals surface area (Å²) in [4.78, 5) is 0. The molecule has 0 aromatic carbocycles. The van der Waals surface area contributed by atoms with E-state index in [1.807, 2.05) is 0 Å². The molecule has 0 amide bonds. The van der Waals surface area contributed by atoms with Crippen molar-refractivity contribution in [2.75, 3.05) is 0 Å². The number of allylic oxidation sites excluding steroid dienone is 4. The summed E-state index contributed by atoms with van der Waals surface area (Å²) in [5, 5.41) is 0. The molecular weight excluding hydrogens is 270 g/mol. The van der Waals surface area contributed by atoms with Crippen LogP contribution in [0.25, 0.3) is 0 Å². The Balaban J connectivity index is 0. The third kappa shape index (κ3) is 7.06. The molecule has 0 atom stereocenters. The standard InChI is InChI=1S/C8H11.2ClH.Rh/c1-2-4-6-8-7-5-3-1;;;/h1-3H,4,6-8H2;2*1H;/q;;;+2/p-2/b2-1-,5-3?;;;. The van der Waals surface area contributed by atoms with E-state index in [4.69, 9.17) is 0 Å². The number of hydrogen-bond acceptors (Lipinski definition) is 0. The maximum absolute atomic E-state index is 2.95. The molecule has 0 spiro atoms. The van der Waals surface area contributed by atoms with Gasteiger partial charge in [-0.15, -0.1) is 0 Å². The van der Waals surface area contributed by atoms with Gasteiger partial charge >= 0.3 is 66.4 Å². The fraction of sp³-hybridized carbons (Fsp3) is 0.500. The Bertz CT molecular complexity index is 141. The van der Waals surface area contributed by atoms with Gasteiger partial charge in [0.05, 0.1) is 0 Å². The number of halogens is 2. The van der Waals surface area contributed by atoms with Gasteiger partial charge in [-0.2, -0.15) is 0 Å². The molecule has 11 heavy (non-hydrogen) atoms. The van der Waals surface area contributed by atoms with Crippen LogP contribution in [0.5, 0.6) is 0 Å². The Morgan fingerprint density at radius 2 is 1.91 bits per heavy atom. The fourth-order valence-corrected chi connectivity index (χ4v) is 1.34. The van der Waals surface area contributed by atoms with Gasteiger partial charge in [0.15, 0.2) is 0 Å². The second kappa shape index (κ2) is 8.78. The van der Waals surface area contributed by atoms with Crippen molar-refractivity contribution in [3.8, 4) is 0 Å². The Labute approximate surface area is 91.0 Å². The average molecular weight is 281 g/mol. The van der Waals surface area contributed by atoms with E-state index in [1.54, 1.807) is 0 Å². The van der Waals surface area contributed by atoms with Gasteiger partial charge in [-0.25, -0.2) is 0 Å². The molecule has 0 saturated heterocycles. The molecule has 0 fully saturated rings. The molecule has 0 aliphatic heterocycles. The van der Waals surface area contributed by atoms with Crippen LogP contribution in [-0.2, 0) is 18.3 Å². The molecule has 1 aliphatic carbocycles. The molecule has 0 aromatic heterocycles. The van der Waals surface area contributed by atoms with Crippen LogP contribution in [-0.4, -0.2) is 0 Å². The molecule has 66 valence electrons. The predicted molar refractivity (Wildman–Crippen MR) is 35.7 cm³/mol. The van der Waals surface area contributed by atoms with Crippen molar-refractivity contribution in [3.05, 3.63) is 22.4 Å². The van der Waals surface area contributed by atoms with Gasteiger partial charge in [-0.1, -0.05) is 0 Å². The summed E-state index contributed by atoms with van der Waals surface area (Å²) in [6.07, 6.45) is 11.7. The van der Waals surface area contributed by atoms with Crippen molar-refractivity contribution < 1.29 is 43.1 Å². The summed E-state index contributed by atoms with van der Waals surface area (Å²) >= 11 is 2.95. The van der Waals surface area contributed by atoms with Gasteiger partial charge in [0, 0.05) is 0 Å². The Kier molecular flexibility index (Phi) is 11.3. The Morgan fingerprint density at radius 3 is 2.64 bits per heavy atom. The maximum atomic E-state index is 2.95. The molecule has 0 bridgehead atoms. The van der Waals surface area contributed by atoms with E-state index in [-0.39, 0.29) is 24.8 Å². The fourth-order valence-electron chi connectivity index (χ4n) is 0.896. The zero-order valence-electron chi connectivity index (χ0n) is 6.15. The third-order valence-corrected chi connectivity index (χ3v) is 2.11. The van der Waals surface area contributed by atoms with E-state index in [0.29, 0.717) is 0 Å². The molecule has 0 nitrogen and oxygen atoms in total. The van der Waals surface area contributed by atoms with Crippen LogP contribution in [0.15, 0.2) is 22.4 Å². The second-order valence-electron chi connectivity index (χ2n) is 2.26. The van der Waals surface area contributed by atoms with Crippen LogP contribution in [0.4, 0.5) is 0 Å². The van der Waals surface area contributed by atoms with Crippen LogP contribution in [0, 0.1) is 0 Å². The minimum absolute atomic E-state index is 0. The van der Waals surface area contributed by atoms with Crippen LogP contribution < -0.4 is 24.8 Å².